The van der Waals surface area contributed by atoms with Gasteiger partial charge in [-0.3, -0.25) is 9.59 Å². The average Bonchev–Trinajstić information content (AvgIpc) is 3.40. The molecule has 3 rings (SSSR count). The van der Waals surface area contributed by atoms with E-state index in [4.69, 9.17) is 0 Å². The first kappa shape index (κ1) is 21.6. The molecule has 0 saturated heterocycles. The summed E-state index contributed by atoms with van der Waals surface area (Å²) in [5.74, 6) is 0.535. The van der Waals surface area contributed by atoms with Gasteiger partial charge < -0.3 is 15.7 Å². The molecule has 3 fully saturated rings. The van der Waals surface area contributed by atoms with E-state index in [1.807, 2.05) is 27.7 Å². The highest BCUT2D eigenvalue weighted by Gasteiger charge is 2.54. The molecule has 0 spiro atoms. The minimum absolute atomic E-state index is 0.0271. The number of carbonyl (C=O) groups excluding carboxylic acids is 2. The lowest BCUT2D eigenvalue weighted by Crippen LogP contribution is -2.59. The van der Waals surface area contributed by atoms with Crippen molar-refractivity contribution in [3.05, 3.63) is 0 Å². The second-order valence-electron chi connectivity index (χ2n) is 11.2. The van der Waals surface area contributed by atoms with Crippen LogP contribution in [0.4, 0.5) is 0 Å². The largest absolute Gasteiger partial charge is 0.392 e. The maximum atomic E-state index is 12.7. The molecule has 2 amide bonds. The van der Waals surface area contributed by atoms with Crippen LogP contribution in [-0.4, -0.2) is 34.6 Å². The summed E-state index contributed by atoms with van der Waals surface area (Å²) < 4.78 is 0. The normalized spacial score (nSPS) is 39.6. The molecule has 0 aliphatic heterocycles. The Bertz CT molecular complexity index is 609. The van der Waals surface area contributed by atoms with Crippen molar-refractivity contribution in [2.24, 2.45) is 35.0 Å². The van der Waals surface area contributed by atoms with Gasteiger partial charge in [0.25, 0.3) is 0 Å². The summed E-state index contributed by atoms with van der Waals surface area (Å²) in [5, 5.41) is 17.7. The van der Waals surface area contributed by atoms with Gasteiger partial charge >= 0.3 is 0 Å². The second kappa shape index (κ2) is 7.62. The Morgan fingerprint density at radius 1 is 1.11 bits per heavy atom. The fraction of sp³-hybridized carbons (Fsp3) is 0.913. The van der Waals surface area contributed by atoms with Gasteiger partial charge in [-0.05, 0) is 82.5 Å². The number of hydrogen-bond donors (Lipinski definition) is 3. The van der Waals surface area contributed by atoms with Crippen LogP contribution in [0.15, 0.2) is 0 Å². The molecule has 160 valence electrons. The SMILES string of the molecule is C[C@H]1[C@@H]2[C@@H](O)[C@@H]([C@H](C)C(=O)NC(C)(C)C)CC[C@@]2(C)CC[C@@H]1NC(=O)C1CC1. The van der Waals surface area contributed by atoms with Gasteiger partial charge in [-0.1, -0.05) is 20.8 Å². The summed E-state index contributed by atoms with van der Waals surface area (Å²) in [6.45, 7) is 12.4. The molecular formula is C23H40N2O3. The molecule has 28 heavy (non-hydrogen) atoms. The van der Waals surface area contributed by atoms with Crippen LogP contribution < -0.4 is 10.6 Å². The van der Waals surface area contributed by atoms with Crippen LogP contribution >= 0.6 is 0 Å². The Labute approximate surface area is 170 Å². The predicted octanol–water partition coefficient (Wildman–Crippen LogP) is 3.26. The first-order valence-electron chi connectivity index (χ1n) is 11.2. The molecule has 3 aliphatic rings. The zero-order chi connectivity index (χ0) is 20.9. The molecule has 0 aromatic carbocycles. The fourth-order valence-corrected chi connectivity index (χ4v) is 5.82. The molecule has 3 aliphatic carbocycles. The molecule has 5 heteroatoms. The van der Waals surface area contributed by atoms with Crippen LogP contribution in [0, 0.1) is 35.0 Å². The van der Waals surface area contributed by atoms with Crippen molar-refractivity contribution in [1.29, 1.82) is 0 Å². The highest BCUT2D eigenvalue weighted by atomic mass is 16.3. The number of aliphatic hydroxyl groups is 1. The monoisotopic (exact) mass is 392 g/mol. The van der Waals surface area contributed by atoms with E-state index in [9.17, 15) is 14.7 Å². The minimum Gasteiger partial charge on any atom is -0.392 e. The lowest BCUT2D eigenvalue weighted by atomic mass is 9.51. The van der Waals surface area contributed by atoms with Crippen LogP contribution in [-0.2, 0) is 9.59 Å². The van der Waals surface area contributed by atoms with Crippen LogP contribution in [0.1, 0.15) is 80.1 Å². The molecule has 0 heterocycles. The summed E-state index contributed by atoms with van der Waals surface area (Å²) in [6, 6.07) is 0.137. The van der Waals surface area contributed by atoms with Gasteiger partial charge in [0.2, 0.25) is 11.8 Å². The van der Waals surface area contributed by atoms with E-state index in [-0.39, 0.29) is 58.4 Å². The summed E-state index contributed by atoms with van der Waals surface area (Å²) in [7, 11) is 0. The van der Waals surface area contributed by atoms with Gasteiger partial charge in [-0.2, -0.15) is 0 Å². The van der Waals surface area contributed by atoms with E-state index in [0.29, 0.717) is 0 Å². The predicted molar refractivity (Wildman–Crippen MR) is 110 cm³/mol. The molecule has 0 radical (unpaired) electrons. The fourth-order valence-electron chi connectivity index (χ4n) is 5.82. The first-order chi connectivity index (χ1) is 12.9. The Hall–Kier alpha value is -1.10. The van der Waals surface area contributed by atoms with Crippen molar-refractivity contribution in [2.75, 3.05) is 0 Å². The van der Waals surface area contributed by atoms with Gasteiger partial charge in [0.15, 0.2) is 0 Å². The molecule has 0 aromatic heterocycles. The van der Waals surface area contributed by atoms with E-state index in [2.05, 4.69) is 24.5 Å². The van der Waals surface area contributed by atoms with Crippen molar-refractivity contribution in [3.63, 3.8) is 0 Å². The number of fused-ring (bicyclic) bond motifs is 1. The number of carbonyl (C=O) groups is 2. The van der Waals surface area contributed by atoms with E-state index in [1.165, 1.54) is 0 Å². The number of amides is 2. The van der Waals surface area contributed by atoms with Crippen molar-refractivity contribution in [1.82, 2.24) is 10.6 Å². The standard InChI is InChI=1S/C23H40N2O3/c1-13(20(27)25-22(3,4)5)16-9-11-23(6)12-10-17(14(2)18(23)19(16)26)24-21(28)15-7-8-15/h13-19,26H,7-12H2,1-6H3,(H,24,28)(H,25,27)/t13-,14+,16+,17-,18+,19-,23-/m0/s1. The molecule has 3 saturated carbocycles. The molecule has 0 unspecified atom stereocenters. The minimum atomic E-state index is -0.505. The average molecular weight is 393 g/mol. The number of hydrogen-bond acceptors (Lipinski definition) is 3. The van der Waals surface area contributed by atoms with Crippen LogP contribution in [0.3, 0.4) is 0 Å². The third-order valence-corrected chi connectivity index (χ3v) is 7.72. The number of rotatable bonds is 4. The molecule has 5 nitrogen and oxygen atoms in total. The van der Waals surface area contributed by atoms with Gasteiger partial charge in [-0.25, -0.2) is 0 Å². The summed E-state index contributed by atoms with van der Waals surface area (Å²) in [4.78, 5) is 25.0. The summed E-state index contributed by atoms with van der Waals surface area (Å²) >= 11 is 0. The van der Waals surface area contributed by atoms with E-state index < -0.39 is 6.10 Å². The third kappa shape index (κ3) is 4.39. The maximum absolute atomic E-state index is 12.7. The highest BCUT2D eigenvalue weighted by Crippen LogP contribution is 2.55. The molecular weight excluding hydrogens is 352 g/mol. The Kier molecular flexibility index (Phi) is 5.88. The van der Waals surface area contributed by atoms with E-state index in [0.717, 1.165) is 38.5 Å². The van der Waals surface area contributed by atoms with Gasteiger partial charge in [0.1, 0.15) is 0 Å². The number of nitrogens with one attached hydrogen (secondary N) is 2. The molecule has 0 bridgehead atoms. The quantitative estimate of drug-likeness (QED) is 0.687. The maximum Gasteiger partial charge on any atom is 0.223 e. The van der Waals surface area contributed by atoms with Gasteiger partial charge in [0, 0.05) is 23.4 Å². The highest BCUT2D eigenvalue weighted by molar-refractivity contribution is 5.81. The second-order valence-corrected chi connectivity index (χ2v) is 11.2. The third-order valence-electron chi connectivity index (χ3n) is 7.72. The van der Waals surface area contributed by atoms with Gasteiger partial charge in [0.05, 0.1) is 6.10 Å². The zero-order valence-corrected chi connectivity index (χ0v) is 18.5. The van der Waals surface area contributed by atoms with Crippen LogP contribution in [0.5, 0.6) is 0 Å². The molecule has 3 N–H and O–H groups in total. The molecule has 7 atom stereocenters. The van der Waals surface area contributed by atoms with Crippen LogP contribution in [0.2, 0.25) is 0 Å². The lowest BCUT2D eigenvalue weighted by molar-refractivity contribution is -0.144. The Morgan fingerprint density at radius 3 is 2.29 bits per heavy atom. The van der Waals surface area contributed by atoms with Crippen LogP contribution in [0.25, 0.3) is 0 Å². The first-order valence-corrected chi connectivity index (χ1v) is 11.2. The summed E-state index contributed by atoms with van der Waals surface area (Å²) in [6.07, 6.45) is 5.47. The van der Waals surface area contributed by atoms with E-state index >= 15 is 0 Å². The van der Waals surface area contributed by atoms with Crippen molar-refractivity contribution < 1.29 is 14.7 Å². The van der Waals surface area contributed by atoms with Crippen molar-refractivity contribution in [2.45, 2.75) is 97.8 Å². The lowest BCUT2D eigenvalue weighted by Gasteiger charge is -2.56. The Morgan fingerprint density at radius 2 is 1.71 bits per heavy atom. The van der Waals surface area contributed by atoms with Crippen molar-refractivity contribution >= 4 is 11.8 Å². The number of aliphatic hydroxyl groups excluding tert-OH is 1. The van der Waals surface area contributed by atoms with Crippen molar-refractivity contribution in [3.8, 4) is 0 Å². The zero-order valence-electron chi connectivity index (χ0n) is 18.5. The molecule has 0 aromatic rings. The summed E-state index contributed by atoms with van der Waals surface area (Å²) in [5.41, 5.74) is -0.174. The van der Waals surface area contributed by atoms with Gasteiger partial charge in [-0.15, -0.1) is 0 Å². The van der Waals surface area contributed by atoms with E-state index in [1.54, 1.807) is 0 Å². The Balaban J connectivity index is 1.72. The topological polar surface area (TPSA) is 78.4 Å². The smallest absolute Gasteiger partial charge is 0.223 e.